The van der Waals surface area contributed by atoms with Gasteiger partial charge in [0, 0.05) is 38.8 Å². The predicted octanol–water partition coefficient (Wildman–Crippen LogP) is 3.10. The number of hydrogen-bond acceptors (Lipinski definition) is 3. The molecule has 0 N–H and O–H groups in total. The third-order valence-corrected chi connectivity index (χ3v) is 4.70. The summed E-state index contributed by atoms with van der Waals surface area (Å²) in [6.45, 7) is 7.05. The number of nitrogens with zero attached hydrogens (tertiary/aromatic N) is 2. The number of amides is 1. The molecule has 1 saturated heterocycles. The molecular weight excluding hydrogens is 312 g/mol. The summed E-state index contributed by atoms with van der Waals surface area (Å²) in [4.78, 5) is 17.0. The number of benzene rings is 2. The van der Waals surface area contributed by atoms with Crippen molar-refractivity contribution in [2.75, 3.05) is 33.4 Å². The molecule has 2 aromatic rings. The van der Waals surface area contributed by atoms with Crippen molar-refractivity contribution >= 4 is 5.91 Å². The Balaban J connectivity index is 1.67. The summed E-state index contributed by atoms with van der Waals surface area (Å²) in [6.07, 6.45) is 0. The zero-order valence-corrected chi connectivity index (χ0v) is 15.1. The molecule has 25 heavy (non-hydrogen) atoms. The van der Waals surface area contributed by atoms with E-state index < -0.39 is 0 Å². The molecule has 0 spiro atoms. The Morgan fingerprint density at radius 2 is 1.88 bits per heavy atom. The van der Waals surface area contributed by atoms with E-state index in [1.807, 2.05) is 37.4 Å². The smallest absolute Gasteiger partial charge is 0.253 e. The highest BCUT2D eigenvalue weighted by molar-refractivity contribution is 5.94. The Hall–Kier alpha value is -2.17. The molecular formula is C21H26N2O2. The van der Waals surface area contributed by atoms with Crippen LogP contribution >= 0.6 is 0 Å². The summed E-state index contributed by atoms with van der Waals surface area (Å²) < 4.78 is 5.39. The molecule has 1 heterocycles. The molecule has 3 rings (SSSR count). The molecule has 0 aromatic heterocycles. The van der Waals surface area contributed by atoms with E-state index in [1.54, 1.807) is 4.90 Å². The second-order valence-electron chi connectivity index (χ2n) is 6.68. The summed E-state index contributed by atoms with van der Waals surface area (Å²) in [6, 6.07) is 16.2. The number of carbonyl (C=O) groups excluding carboxylic acids is 1. The summed E-state index contributed by atoms with van der Waals surface area (Å²) in [5.41, 5.74) is 4.32. The van der Waals surface area contributed by atoms with Gasteiger partial charge in [-0.15, -0.1) is 0 Å². The van der Waals surface area contributed by atoms with Crippen LogP contribution in [0.1, 0.15) is 27.0 Å². The lowest BCUT2D eigenvalue weighted by molar-refractivity contribution is 0.0341. The van der Waals surface area contributed by atoms with Crippen molar-refractivity contribution in [3.8, 4) is 0 Å². The van der Waals surface area contributed by atoms with E-state index in [2.05, 4.69) is 30.0 Å². The highest BCUT2D eigenvalue weighted by atomic mass is 16.5. The van der Waals surface area contributed by atoms with Crippen molar-refractivity contribution in [1.29, 1.82) is 0 Å². The highest BCUT2D eigenvalue weighted by Gasteiger charge is 2.15. The van der Waals surface area contributed by atoms with Gasteiger partial charge in [0.25, 0.3) is 5.91 Å². The summed E-state index contributed by atoms with van der Waals surface area (Å²) in [5, 5.41) is 0. The SMILES string of the molecule is Cc1ccccc1CN(C)C(=O)c1cccc(CN2CCOCC2)c1. The molecule has 0 aliphatic carbocycles. The molecule has 1 aliphatic rings. The average molecular weight is 338 g/mol. The van der Waals surface area contributed by atoms with Crippen LogP contribution in [0.25, 0.3) is 0 Å². The van der Waals surface area contributed by atoms with Gasteiger partial charge in [-0.3, -0.25) is 9.69 Å². The number of rotatable bonds is 5. The Labute approximate surface area is 150 Å². The van der Waals surface area contributed by atoms with Crippen LogP contribution in [-0.2, 0) is 17.8 Å². The van der Waals surface area contributed by atoms with Gasteiger partial charge in [-0.25, -0.2) is 0 Å². The van der Waals surface area contributed by atoms with Gasteiger partial charge in [0.1, 0.15) is 0 Å². The fourth-order valence-corrected chi connectivity index (χ4v) is 3.16. The number of morpholine rings is 1. The average Bonchev–Trinajstić information content (AvgIpc) is 2.64. The molecule has 0 radical (unpaired) electrons. The lowest BCUT2D eigenvalue weighted by atomic mass is 10.1. The third kappa shape index (κ3) is 4.68. The van der Waals surface area contributed by atoms with Crippen LogP contribution in [0.15, 0.2) is 48.5 Å². The maximum Gasteiger partial charge on any atom is 0.253 e. The summed E-state index contributed by atoms with van der Waals surface area (Å²) >= 11 is 0. The van der Waals surface area contributed by atoms with Crippen molar-refractivity contribution in [3.05, 3.63) is 70.8 Å². The molecule has 0 saturated carbocycles. The number of ether oxygens (including phenoxy) is 1. The fourth-order valence-electron chi connectivity index (χ4n) is 3.16. The number of hydrogen-bond donors (Lipinski definition) is 0. The van der Waals surface area contributed by atoms with Crippen LogP contribution in [-0.4, -0.2) is 49.1 Å². The van der Waals surface area contributed by atoms with E-state index in [9.17, 15) is 4.79 Å². The van der Waals surface area contributed by atoms with E-state index in [1.165, 1.54) is 16.7 Å². The van der Waals surface area contributed by atoms with Crippen molar-refractivity contribution in [1.82, 2.24) is 9.80 Å². The lowest BCUT2D eigenvalue weighted by Crippen LogP contribution is -2.35. The molecule has 0 atom stereocenters. The summed E-state index contributed by atoms with van der Waals surface area (Å²) in [5.74, 6) is 0.0621. The van der Waals surface area contributed by atoms with Crippen molar-refractivity contribution < 1.29 is 9.53 Å². The first-order chi connectivity index (χ1) is 12.1. The van der Waals surface area contributed by atoms with Gasteiger partial charge in [-0.05, 0) is 35.7 Å². The maximum atomic E-state index is 12.8. The van der Waals surface area contributed by atoms with E-state index in [0.29, 0.717) is 6.54 Å². The second-order valence-corrected chi connectivity index (χ2v) is 6.68. The van der Waals surface area contributed by atoms with E-state index in [4.69, 9.17) is 4.74 Å². The molecule has 1 fully saturated rings. The monoisotopic (exact) mass is 338 g/mol. The molecule has 4 heteroatoms. The van der Waals surface area contributed by atoms with Crippen LogP contribution in [0.4, 0.5) is 0 Å². The van der Waals surface area contributed by atoms with E-state index in [-0.39, 0.29) is 5.91 Å². The van der Waals surface area contributed by atoms with Gasteiger partial charge in [0.05, 0.1) is 13.2 Å². The van der Waals surface area contributed by atoms with Gasteiger partial charge in [-0.2, -0.15) is 0 Å². The Morgan fingerprint density at radius 1 is 1.12 bits per heavy atom. The molecule has 132 valence electrons. The Kier molecular flexibility index (Phi) is 5.84. The minimum atomic E-state index is 0.0621. The van der Waals surface area contributed by atoms with Gasteiger partial charge in [-0.1, -0.05) is 36.4 Å². The Morgan fingerprint density at radius 3 is 2.64 bits per heavy atom. The predicted molar refractivity (Wildman–Crippen MR) is 99.5 cm³/mol. The van der Waals surface area contributed by atoms with Gasteiger partial charge in [0.15, 0.2) is 0 Å². The number of aryl methyl sites for hydroxylation is 1. The lowest BCUT2D eigenvalue weighted by Gasteiger charge is -2.26. The highest BCUT2D eigenvalue weighted by Crippen LogP contribution is 2.14. The third-order valence-electron chi connectivity index (χ3n) is 4.70. The minimum Gasteiger partial charge on any atom is -0.379 e. The first-order valence-electron chi connectivity index (χ1n) is 8.82. The molecule has 0 unspecified atom stereocenters. The summed E-state index contributed by atoms with van der Waals surface area (Å²) in [7, 11) is 1.86. The first-order valence-corrected chi connectivity index (χ1v) is 8.82. The molecule has 2 aromatic carbocycles. The van der Waals surface area contributed by atoms with Gasteiger partial charge >= 0.3 is 0 Å². The van der Waals surface area contributed by atoms with Crippen LogP contribution in [0.3, 0.4) is 0 Å². The zero-order valence-electron chi connectivity index (χ0n) is 15.1. The normalized spacial score (nSPS) is 15.1. The van der Waals surface area contributed by atoms with E-state index >= 15 is 0 Å². The maximum absolute atomic E-state index is 12.8. The quantitative estimate of drug-likeness (QED) is 0.840. The zero-order chi connectivity index (χ0) is 17.6. The van der Waals surface area contributed by atoms with Gasteiger partial charge < -0.3 is 9.64 Å². The largest absolute Gasteiger partial charge is 0.379 e. The van der Waals surface area contributed by atoms with Crippen LogP contribution < -0.4 is 0 Å². The topological polar surface area (TPSA) is 32.8 Å². The fraction of sp³-hybridized carbons (Fsp3) is 0.381. The van der Waals surface area contributed by atoms with Crippen molar-refractivity contribution in [2.45, 2.75) is 20.0 Å². The second kappa shape index (κ2) is 8.28. The van der Waals surface area contributed by atoms with Crippen LogP contribution in [0, 0.1) is 6.92 Å². The van der Waals surface area contributed by atoms with Gasteiger partial charge in [0.2, 0.25) is 0 Å². The van der Waals surface area contributed by atoms with Crippen LogP contribution in [0.2, 0.25) is 0 Å². The Bertz CT molecular complexity index is 723. The first kappa shape index (κ1) is 17.6. The van der Waals surface area contributed by atoms with Crippen LogP contribution in [0.5, 0.6) is 0 Å². The molecule has 4 nitrogen and oxygen atoms in total. The van der Waals surface area contributed by atoms with Crippen molar-refractivity contribution in [2.24, 2.45) is 0 Å². The standard InChI is InChI=1S/C21H26N2O2/c1-17-6-3-4-8-20(17)16-22(2)21(24)19-9-5-7-18(14-19)15-23-10-12-25-13-11-23/h3-9,14H,10-13,15-16H2,1-2H3. The molecule has 1 amide bonds. The number of carbonyl (C=O) groups is 1. The minimum absolute atomic E-state index is 0.0621. The molecule has 0 bridgehead atoms. The van der Waals surface area contributed by atoms with E-state index in [0.717, 1.165) is 38.4 Å². The van der Waals surface area contributed by atoms with Crippen molar-refractivity contribution in [3.63, 3.8) is 0 Å². The molecule has 1 aliphatic heterocycles.